The maximum absolute atomic E-state index is 2.47. The van der Waals surface area contributed by atoms with Gasteiger partial charge in [-0.15, -0.1) is 0 Å². The first-order valence-electron chi connectivity index (χ1n) is 20.6. The lowest BCUT2D eigenvalue weighted by Gasteiger charge is -2.26. The summed E-state index contributed by atoms with van der Waals surface area (Å²) < 4.78 is 2.47. The van der Waals surface area contributed by atoms with E-state index in [-0.39, 0.29) is 0 Å². The number of para-hydroxylation sites is 1. The molecule has 0 spiro atoms. The van der Waals surface area contributed by atoms with Gasteiger partial charge in [0.05, 0.1) is 16.7 Å². The zero-order valence-corrected chi connectivity index (χ0v) is 33.0. The molecule has 60 heavy (non-hydrogen) atoms. The molecule has 0 saturated heterocycles. The van der Waals surface area contributed by atoms with E-state index in [0.717, 1.165) is 28.3 Å². The summed E-state index contributed by atoms with van der Waals surface area (Å²) in [5.74, 6) is 0. The SMILES string of the molecule is c1ccc(-c2ccc(N(c3ccc(-c4ccccc4)cc3)c3ccc4c5ccccc5n(-c5ccc(-c6ccc7ccccc7c6)cc5-c5ccccc5)c4c3)cc2)cc1. The molecule has 0 N–H and O–H groups in total. The van der Waals surface area contributed by atoms with Gasteiger partial charge in [-0.25, -0.2) is 0 Å². The second kappa shape index (κ2) is 15.1. The predicted octanol–water partition coefficient (Wildman–Crippen LogP) is 16.1. The van der Waals surface area contributed by atoms with Crippen molar-refractivity contribution in [3.05, 3.63) is 243 Å². The van der Waals surface area contributed by atoms with Gasteiger partial charge in [-0.2, -0.15) is 0 Å². The van der Waals surface area contributed by atoms with Crippen LogP contribution in [0, 0.1) is 0 Å². The lowest BCUT2D eigenvalue weighted by atomic mass is 9.95. The van der Waals surface area contributed by atoms with Crippen molar-refractivity contribution in [2.75, 3.05) is 4.90 Å². The van der Waals surface area contributed by atoms with Crippen LogP contribution in [0.2, 0.25) is 0 Å². The van der Waals surface area contributed by atoms with Crippen LogP contribution in [0.3, 0.4) is 0 Å². The van der Waals surface area contributed by atoms with Gasteiger partial charge in [-0.05, 0) is 110 Å². The van der Waals surface area contributed by atoms with E-state index in [4.69, 9.17) is 0 Å². The molecule has 0 aliphatic rings. The Labute approximate surface area is 350 Å². The zero-order chi connectivity index (χ0) is 39.8. The van der Waals surface area contributed by atoms with Gasteiger partial charge in [-0.1, -0.05) is 182 Å². The summed E-state index contributed by atoms with van der Waals surface area (Å²) in [6, 6.07) is 88.0. The molecule has 1 aromatic heterocycles. The van der Waals surface area contributed by atoms with Crippen LogP contribution < -0.4 is 4.90 Å². The van der Waals surface area contributed by atoms with Crippen molar-refractivity contribution in [1.29, 1.82) is 0 Å². The van der Waals surface area contributed by atoms with Crippen LogP contribution >= 0.6 is 0 Å². The van der Waals surface area contributed by atoms with Gasteiger partial charge in [0.2, 0.25) is 0 Å². The average molecular weight is 765 g/mol. The highest BCUT2D eigenvalue weighted by atomic mass is 15.1. The Hall–Kier alpha value is -7.94. The van der Waals surface area contributed by atoms with Crippen LogP contribution in [0.5, 0.6) is 0 Å². The molecule has 1 heterocycles. The van der Waals surface area contributed by atoms with Crippen molar-refractivity contribution >= 4 is 49.6 Å². The summed E-state index contributed by atoms with van der Waals surface area (Å²) in [7, 11) is 0. The quantitative estimate of drug-likeness (QED) is 0.150. The molecule has 0 saturated carbocycles. The number of anilines is 3. The van der Waals surface area contributed by atoms with Crippen molar-refractivity contribution in [3.63, 3.8) is 0 Å². The van der Waals surface area contributed by atoms with Gasteiger partial charge in [0.1, 0.15) is 0 Å². The van der Waals surface area contributed by atoms with E-state index < -0.39 is 0 Å². The first-order chi connectivity index (χ1) is 29.7. The van der Waals surface area contributed by atoms with Crippen molar-refractivity contribution < 1.29 is 0 Å². The van der Waals surface area contributed by atoms with E-state index in [9.17, 15) is 0 Å². The third-order valence-corrected chi connectivity index (χ3v) is 11.8. The Balaban J connectivity index is 1.10. The molecular formula is C58H40N2. The molecule has 0 aliphatic heterocycles. The second-order valence-corrected chi connectivity index (χ2v) is 15.4. The second-order valence-electron chi connectivity index (χ2n) is 15.4. The average Bonchev–Trinajstić information content (AvgIpc) is 3.66. The zero-order valence-electron chi connectivity index (χ0n) is 33.0. The Bertz CT molecular complexity index is 3190. The largest absolute Gasteiger partial charge is 0.310 e. The summed E-state index contributed by atoms with van der Waals surface area (Å²) in [4.78, 5) is 2.38. The van der Waals surface area contributed by atoms with Crippen molar-refractivity contribution in [2.45, 2.75) is 0 Å². The van der Waals surface area contributed by atoms with E-state index in [1.54, 1.807) is 0 Å². The van der Waals surface area contributed by atoms with Crippen molar-refractivity contribution in [1.82, 2.24) is 4.57 Å². The Morgan fingerprint density at radius 3 is 1.38 bits per heavy atom. The summed E-state index contributed by atoms with van der Waals surface area (Å²) in [5, 5.41) is 4.92. The molecule has 0 fully saturated rings. The van der Waals surface area contributed by atoms with Crippen LogP contribution in [0.4, 0.5) is 17.1 Å². The molecule has 11 rings (SSSR count). The molecule has 10 aromatic carbocycles. The van der Waals surface area contributed by atoms with Crippen molar-refractivity contribution in [3.8, 4) is 50.2 Å². The Morgan fingerprint density at radius 2 is 0.733 bits per heavy atom. The third kappa shape index (κ3) is 6.41. The lowest BCUT2D eigenvalue weighted by Crippen LogP contribution is -2.10. The van der Waals surface area contributed by atoms with Gasteiger partial charge < -0.3 is 9.47 Å². The minimum Gasteiger partial charge on any atom is -0.310 e. The summed E-state index contributed by atoms with van der Waals surface area (Å²) in [5.41, 5.74) is 16.3. The highest BCUT2D eigenvalue weighted by molar-refractivity contribution is 6.11. The highest BCUT2D eigenvalue weighted by Crippen LogP contribution is 2.43. The van der Waals surface area contributed by atoms with Gasteiger partial charge in [0.15, 0.2) is 0 Å². The molecule has 0 amide bonds. The molecule has 11 aromatic rings. The number of fused-ring (bicyclic) bond motifs is 4. The number of aromatic nitrogens is 1. The molecule has 0 radical (unpaired) electrons. The third-order valence-electron chi connectivity index (χ3n) is 11.8. The van der Waals surface area contributed by atoms with Crippen LogP contribution in [0.25, 0.3) is 82.8 Å². The van der Waals surface area contributed by atoms with Crippen LogP contribution in [-0.2, 0) is 0 Å². The van der Waals surface area contributed by atoms with Gasteiger partial charge in [0.25, 0.3) is 0 Å². The minimum absolute atomic E-state index is 1.08. The molecule has 282 valence electrons. The number of nitrogens with zero attached hydrogens (tertiary/aromatic N) is 2. The molecule has 0 unspecified atom stereocenters. The number of benzene rings is 10. The van der Waals surface area contributed by atoms with Crippen LogP contribution in [0.1, 0.15) is 0 Å². The molecule has 0 aliphatic carbocycles. The molecule has 2 heteroatoms. The van der Waals surface area contributed by atoms with E-state index >= 15 is 0 Å². The fourth-order valence-electron chi connectivity index (χ4n) is 8.80. The minimum atomic E-state index is 1.08. The smallest absolute Gasteiger partial charge is 0.0562 e. The van der Waals surface area contributed by atoms with Crippen LogP contribution in [0.15, 0.2) is 243 Å². The topological polar surface area (TPSA) is 8.17 Å². The molecule has 0 bridgehead atoms. The number of hydrogen-bond acceptors (Lipinski definition) is 1. The fourth-order valence-corrected chi connectivity index (χ4v) is 8.80. The van der Waals surface area contributed by atoms with Gasteiger partial charge >= 0.3 is 0 Å². The van der Waals surface area contributed by atoms with E-state index in [0.29, 0.717) is 0 Å². The fraction of sp³-hybridized carbons (Fsp3) is 0. The first-order valence-corrected chi connectivity index (χ1v) is 20.6. The Kier molecular flexibility index (Phi) is 8.87. The summed E-state index contributed by atoms with van der Waals surface area (Å²) in [6.07, 6.45) is 0. The standard InChI is InChI=1S/C58H40N2/c1-4-14-41(15-5-1)44-26-31-50(32-27-44)59(51-33-28-45(29-34-51)42-16-6-2-7-17-42)52-35-36-54-53-22-12-13-23-56(53)60(58(54)40-52)57-37-30-49(39-55(57)46-19-8-3-9-20-46)48-25-24-43-18-10-11-21-47(43)38-48/h1-40H. The molecular weight excluding hydrogens is 725 g/mol. The lowest BCUT2D eigenvalue weighted by molar-refractivity contribution is 1.18. The number of hydrogen-bond donors (Lipinski definition) is 0. The summed E-state index contributed by atoms with van der Waals surface area (Å²) >= 11 is 0. The van der Waals surface area contributed by atoms with E-state index in [1.165, 1.54) is 71.6 Å². The first kappa shape index (κ1) is 35.2. The molecule has 2 nitrogen and oxygen atoms in total. The van der Waals surface area contributed by atoms with E-state index in [1.807, 2.05) is 0 Å². The summed E-state index contributed by atoms with van der Waals surface area (Å²) in [6.45, 7) is 0. The predicted molar refractivity (Wildman–Crippen MR) is 255 cm³/mol. The van der Waals surface area contributed by atoms with Crippen LogP contribution in [-0.4, -0.2) is 4.57 Å². The monoisotopic (exact) mass is 764 g/mol. The highest BCUT2D eigenvalue weighted by Gasteiger charge is 2.20. The van der Waals surface area contributed by atoms with Gasteiger partial charge in [0, 0.05) is 33.4 Å². The maximum Gasteiger partial charge on any atom is 0.0562 e. The maximum atomic E-state index is 2.47. The molecule has 0 atom stereocenters. The van der Waals surface area contributed by atoms with E-state index in [2.05, 4.69) is 252 Å². The number of rotatable bonds is 8. The normalized spacial score (nSPS) is 11.3. The van der Waals surface area contributed by atoms with Crippen molar-refractivity contribution in [2.24, 2.45) is 0 Å². The van der Waals surface area contributed by atoms with Gasteiger partial charge in [-0.3, -0.25) is 0 Å². The Morgan fingerprint density at radius 1 is 0.267 bits per heavy atom.